The fourth-order valence-corrected chi connectivity index (χ4v) is 1.64. The van der Waals surface area contributed by atoms with E-state index in [4.69, 9.17) is 4.74 Å². The van der Waals surface area contributed by atoms with E-state index in [0.29, 0.717) is 6.54 Å². The number of Topliss-reactive ketones (excluding diaryl/α,β-unsaturated/α-hetero) is 1. The number of carbonyl (C=O) groups excluding carboxylic acids is 2. The van der Waals surface area contributed by atoms with Gasteiger partial charge in [-0.1, -0.05) is 0 Å². The molecule has 0 bridgehead atoms. The Hall–Kier alpha value is -0.940. The second kappa shape index (κ2) is 7.35. The predicted molar refractivity (Wildman–Crippen MR) is 60.2 cm³/mol. The minimum Gasteiger partial charge on any atom is -0.379 e. The highest BCUT2D eigenvalue weighted by atomic mass is 16.5. The summed E-state index contributed by atoms with van der Waals surface area (Å²) in [5.41, 5.74) is 0. The predicted octanol–water partition coefficient (Wildman–Crippen LogP) is -0.196. The van der Waals surface area contributed by atoms with Gasteiger partial charge in [-0.2, -0.15) is 0 Å². The Labute approximate surface area is 96.1 Å². The van der Waals surface area contributed by atoms with E-state index in [9.17, 15) is 9.59 Å². The van der Waals surface area contributed by atoms with Gasteiger partial charge in [-0.25, -0.2) is 0 Å². The molecule has 0 aromatic rings. The lowest BCUT2D eigenvalue weighted by molar-refractivity contribution is -0.127. The molecule has 1 aliphatic heterocycles. The first-order chi connectivity index (χ1) is 7.68. The minimum atomic E-state index is -0.172. The van der Waals surface area contributed by atoms with Crippen molar-refractivity contribution in [3.05, 3.63) is 0 Å². The van der Waals surface area contributed by atoms with Crippen molar-refractivity contribution in [2.24, 2.45) is 0 Å². The van der Waals surface area contributed by atoms with Gasteiger partial charge in [0.05, 0.1) is 19.6 Å². The Morgan fingerprint density at radius 2 is 2.00 bits per heavy atom. The van der Waals surface area contributed by atoms with Gasteiger partial charge in [0.2, 0.25) is 5.91 Å². The number of nitrogens with zero attached hydrogens (tertiary/aromatic N) is 1. The number of morpholine rings is 1. The summed E-state index contributed by atoms with van der Waals surface area (Å²) in [4.78, 5) is 24.1. The Morgan fingerprint density at radius 3 is 2.62 bits per heavy atom. The van der Waals surface area contributed by atoms with E-state index >= 15 is 0 Å². The Morgan fingerprint density at radius 1 is 1.31 bits per heavy atom. The highest BCUT2D eigenvalue weighted by molar-refractivity contribution is 5.96. The van der Waals surface area contributed by atoms with Crippen LogP contribution in [-0.2, 0) is 14.3 Å². The lowest BCUT2D eigenvalue weighted by atomic mass is 10.3. The lowest BCUT2D eigenvalue weighted by Crippen LogP contribution is -2.38. The van der Waals surface area contributed by atoms with Crippen LogP contribution in [0.15, 0.2) is 0 Å². The number of nitrogens with one attached hydrogen (secondary N) is 1. The van der Waals surface area contributed by atoms with Crippen molar-refractivity contribution < 1.29 is 14.3 Å². The summed E-state index contributed by atoms with van der Waals surface area (Å²) in [5, 5.41) is 2.74. The molecule has 0 spiro atoms. The molecule has 0 saturated carbocycles. The maximum absolute atomic E-state index is 11.1. The summed E-state index contributed by atoms with van der Waals surface area (Å²) in [7, 11) is 0. The van der Waals surface area contributed by atoms with Crippen molar-refractivity contribution in [2.45, 2.75) is 19.8 Å². The van der Waals surface area contributed by atoms with Gasteiger partial charge in [0.1, 0.15) is 5.78 Å². The molecule has 92 valence electrons. The van der Waals surface area contributed by atoms with Crippen LogP contribution in [0.3, 0.4) is 0 Å². The number of hydrogen-bond donors (Lipinski definition) is 1. The Bertz CT molecular complexity index is 237. The topological polar surface area (TPSA) is 58.6 Å². The Kier molecular flexibility index (Phi) is 6.03. The Balaban J connectivity index is 1.98. The minimum absolute atomic E-state index is 0.00243. The molecule has 1 amide bonds. The first-order valence-electron chi connectivity index (χ1n) is 5.74. The van der Waals surface area contributed by atoms with Crippen molar-refractivity contribution in [2.75, 3.05) is 39.4 Å². The van der Waals surface area contributed by atoms with Gasteiger partial charge in [0, 0.05) is 19.6 Å². The fourth-order valence-electron chi connectivity index (χ4n) is 1.64. The van der Waals surface area contributed by atoms with Crippen LogP contribution >= 0.6 is 0 Å². The summed E-state index contributed by atoms with van der Waals surface area (Å²) in [6, 6.07) is 0. The van der Waals surface area contributed by atoms with Gasteiger partial charge in [-0.15, -0.1) is 0 Å². The number of amides is 1. The van der Waals surface area contributed by atoms with Crippen molar-refractivity contribution >= 4 is 11.7 Å². The zero-order valence-electron chi connectivity index (χ0n) is 9.83. The van der Waals surface area contributed by atoms with E-state index in [2.05, 4.69) is 10.2 Å². The van der Waals surface area contributed by atoms with E-state index in [-0.39, 0.29) is 18.1 Å². The van der Waals surface area contributed by atoms with Crippen LogP contribution in [0.1, 0.15) is 19.8 Å². The molecule has 1 N–H and O–H groups in total. The van der Waals surface area contributed by atoms with Gasteiger partial charge >= 0.3 is 0 Å². The summed E-state index contributed by atoms with van der Waals surface area (Å²) >= 11 is 0. The average molecular weight is 228 g/mol. The van der Waals surface area contributed by atoms with Gasteiger partial charge in [-0.3, -0.25) is 14.5 Å². The van der Waals surface area contributed by atoms with Gasteiger partial charge in [0.15, 0.2) is 0 Å². The fraction of sp³-hybridized carbons (Fsp3) is 0.818. The second-order valence-corrected chi connectivity index (χ2v) is 4.04. The van der Waals surface area contributed by atoms with Crippen molar-refractivity contribution in [3.8, 4) is 0 Å². The summed E-state index contributed by atoms with van der Waals surface area (Å²) in [6.07, 6.45) is 0.918. The summed E-state index contributed by atoms with van der Waals surface area (Å²) in [5.74, 6) is -0.264. The number of carbonyl (C=O) groups is 2. The molecule has 0 radical (unpaired) electrons. The second-order valence-electron chi connectivity index (χ2n) is 4.04. The maximum Gasteiger partial charge on any atom is 0.227 e. The molecule has 1 heterocycles. The highest BCUT2D eigenvalue weighted by Crippen LogP contribution is 1.97. The first-order valence-corrected chi connectivity index (χ1v) is 5.74. The first kappa shape index (κ1) is 13.1. The molecule has 1 fully saturated rings. The number of ether oxygens (including phenoxy) is 1. The summed E-state index contributed by atoms with van der Waals surface area (Å²) < 4.78 is 5.24. The molecule has 1 aliphatic rings. The largest absolute Gasteiger partial charge is 0.379 e. The third kappa shape index (κ3) is 5.82. The van der Waals surface area contributed by atoms with E-state index in [1.165, 1.54) is 6.92 Å². The molecule has 0 atom stereocenters. The molecular weight excluding hydrogens is 208 g/mol. The molecule has 1 rings (SSSR count). The smallest absolute Gasteiger partial charge is 0.227 e. The molecule has 5 nitrogen and oxygen atoms in total. The molecular formula is C11H20N2O3. The van der Waals surface area contributed by atoms with E-state index < -0.39 is 0 Å². The van der Waals surface area contributed by atoms with Crippen molar-refractivity contribution in [3.63, 3.8) is 0 Å². The zero-order valence-corrected chi connectivity index (χ0v) is 9.83. The van der Waals surface area contributed by atoms with E-state index in [0.717, 1.165) is 39.3 Å². The molecule has 1 saturated heterocycles. The number of ketones is 1. The number of rotatable bonds is 6. The lowest BCUT2D eigenvalue weighted by Gasteiger charge is -2.26. The normalized spacial score (nSPS) is 17.1. The summed E-state index contributed by atoms with van der Waals surface area (Å²) in [6.45, 7) is 6.59. The molecule has 0 aromatic heterocycles. The SMILES string of the molecule is CC(=O)CC(=O)NCCCN1CCOCC1. The number of hydrogen-bond acceptors (Lipinski definition) is 4. The van der Waals surface area contributed by atoms with Crippen molar-refractivity contribution in [1.29, 1.82) is 0 Å². The molecule has 0 aliphatic carbocycles. The van der Waals surface area contributed by atoms with Crippen molar-refractivity contribution in [1.82, 2.24) is 10.2 Å². The van der Waals surface area contributed by atoms with Crippen LogP contribution in [0.25, 0.3) is 0 Å². The monoisotopic (exact) mass is 228 g/mol. The average Bonchev–Trinajstić information content (AvgIpc) is 2.25. The molecule has 0 aromatic carbocycles. The van der Waals surface area contributed by atoms with Gasteiger partial charge in [0.25, 0.3) is 0 Å². The zero-order chi connectivity index (χ0) is 11.8. The standard InChI is InChI=1S/C11H20N2O3/c1-10(14)9-11(15)12-3-2-4-13-5-7-16-8-6-13/h2-9H2,1H3,(H,12,15). The van der Waals surface area contributed by atoms with Crippen LogP contribution in [-0.4, -0.2) is 56.0 Å². The van der Waals surface area contributed by atoms with Crippen LogP contribution in [0.5, 0.6) is 0 Å². The van der Waals surface area contributed by atoms with Gasteiger partial charge in [-0.05, 0) is 19.9 Å². The van der Waals surface area contributed by atoms with Gasteiger partial charge < -0.3 is 10.1 Å². The molecule has 16 heavy (non-hydrogen) atoms. The third-order valence-corrected chi connectivity index (χ3v) is 2.49. The van der Waals surface area contributed by atoms with Crippen LogP contribution in [0, 0.1) is 0 Å². The van der Waals surface area contributed by atoms with Crippen LogP contribution < -0.4 is 5.32 Å². The van der Waals surface area contributed by atoms with E-state index in [1.807, 2.05) is 0 Å². The maximum atomic E-state index is 11.1. The molecule has 5 heteroatoms. The van der Waals surface area contributed by atoms with Crippen LogP contribution in [0.2, 0.25) is 0 Å². The third-order valence-electron chi connectivity index (χ3n) is 2.49. The molecule has 0 unspecified atom stereocenters. The van der Waals surface area contributed by atoms with E-state index in [1.54, 1.807) is 0 Å². The van der Waals surface area contributed by atoms with Crippen LogP contribution in [0.4, 0.5) is 0 Å². The quantitative estimate of drug-likeness (QED) is 0.505. The highest BCUT2D eigenvalue weighted by Gasteiger charge is 2.09.